The number of carbonyl (C=O) groups is 1. The van der Waals surface area contributed by atoms with Gasteiger partial charge in [0.25, 0.3) is 0 Å². The van der Waals surface area contributed by atoms with Crippen LogP contribution in [0.25, 0.3) is 0 Å². The molecule has 0 aromatic carbocycles. The van der Waals surface area contributed by atoms with Gasteiger partial charge >= 0.3 is 6.16 Å². The van der Waals surface area contributed by atoms with E-state index in [2.05, 4.69) is 0 Å². The van der Waals surface area contributed by atoms with Crippen molar-refractivity contribution in [3.05, 3.63) is 0 Å². The summed E-state index contributed by atoms with van der Waals surface area (Å²) in [6, 6.07) is 0. The predicted octanol–water partition coefficient (Wildman–Crippen LogP) is 1.87. The van der Waals surface area contributed by atoms with Crippen molar-refractivity contribution in [2.45, 2.75) is 20.8 Å². The Hall–Kier alpha value is -0.850. The monoisotopic (exact) mass is 278 g/mol. The molecule has 0 aromatic rings. The van der Waals surface area contributed by atoms with E-state index in [-0.39, 0.29) is 6.61 Å². The molecule has 0 saturated carbocycles. The van der Waals surface area contributed by atoms with Crippen molar-refractivity contribution >= 4 is 6.16 Å². The summed E-state index contributed by atoms with van der Waals surface area (Å²) in [5.74, 6) is 0.303. The molecule has 0 radical (unpaired) electrons. The van der Waals surface area contributed by atoms with Gasteiger partial charge in [-0.15, -0.1) is 0 Å². The molecule has 0 unspecified atom stereocenters. The van der Waals surface area contributed by atoms with E-state index in [1.165, 1.54) is 0 Å². The minimum atomic E-state index is -0.648. The van der Waals surface area contributed by atoms with Crippen LogP contribution >= 0.6 is 0 Å². The smallest absolute Gasteiger partial charge is 0.434 e. The zero-order valence-corrected chi connectivity index (χ0v) is 12.2. The first-order valence-corrected chi connectivity index (χ1v) is 6.69. The number of hydrogen-bond donors (Lipinski definition) is 0. The molecule has 6 nitrogen and oxygen atoms in total. The van der Waals surface area contributed by atoms with Crippen molar-refractivity contribution in [1.29, 1.82) is 0 Å². The van der Waals surface area contributed by atoms with Crippen molar-refractivity contribution < 1.29 is 28.5 Å². The molecule has 19 heavy (non-hydrogen) atoms. The molecule has 0 fully saturated rings. The third-order valence-electron chi connectivity index (χ3n) is 1.93. The number of rotatable bonds is 12. The third kappa shape index (κ3) is 15.1. The van der Waals surface area contributed by atoms with Crippen LogP contribution in [0.3, 0.4) is 0 Å². The molecular weight excluding hydrogens is 252 g/mol. The number of hydrogen-bond acceptors (Lipinski definition) is 6. The van der Waals surface area contributed by atoms with Gasteiger partial charge in [-0.1, -0.05) is 13.8 Å². The summed E-state index contributed by atoms with van der Waals surface area (Å²) in [7, 11) is 0. The molecule has 0 aromatic heterocycles. The number of carbonyl (C=O) groups excluding carboxylic acids is 1. The molecule has 0 aliphatic heterocycles. The zero-order valence-electron chi connectivity index (χ0n) is 12.2. The Labute approximate surface area is 115 Å². The Morgan fingerprint density at radius 1 is 0.842 bits per heavy atom. The van der Waals surface area contributed by atoms with Crippen LogP contribution in [-0.2, 0) is 23.7 Å². The Balaban J connectivity index is 3.11. The first-order chi connectivity index (χ1) is 9.16. The van der Waals surface area contributed by atoms with Crippen molar-refractivity contribution in [2.24, 2.45) is 5.92 Å². The standard InChI is InChI=1S/C13H26O6/c1-4-15-5-6-16-7-8-17-9-10-18-13(14)19-11-12(2)3/h12H,4-11H2,1-3H3. The average Bonchev–Trinajstić information content (AvgIpc) is 2.38. The molecule has 0 bridgehead atoms. The molecule has 0 spiro atoms. The van der Waals surface area contributed by atoms with Gasteiger partial charge in [0.05, 0.1) is 39.6 Å². The largest absolute Gasteiger partial charge is 0.508 e. The second-order valence-corrected chi connectivity index (χ2v) is 4.22. The molecule has 114 valence electrons. The zero-order chi connectivity index (χ0) is 14.3. The van der Waals surface area contributed by atoms with E-state index in [1.54, 1.807) is 0 Å². The lowest BCUT2D eigenvalue weighted by molar-refractivity contribution is -0.00360. The summed E-state index contributed by atoms with van der Waals surface area (Å²) < 4.78 is 25.2. The van der Waals surface area contributed by atoms with Gasteiger partial charge in [0.2, 0.25) is 0 Å². The van der Waals surface area contributed by atoms with Crippen LogP contribution in [0.4, 0.5) is 4.79 Å². The van der Waals surface area contributed by atoms with Crippen LogP contribution in [0.2, 0.25) is 0 Å². The van der Waals surface area contributed by atoms with Gasteiger partial charge in [-0.2, -0.15) is 0 Å². The van der Waals surface area contributed by atoms with Crippen LogP contribution in [0.5, 0.6) is 0 Å². The van der Waals surface area contributed by atoms with Crippen LogP contribution in [-0.4, -0.2) is 59.0 Å². The van der Waals surface area contributed by atoms with Gasteiger partial charge in [-0.25, -0.2) is 4.79 Å². The van der Waals surface area contributed by atoms with Crippen molar-refractivity contribution in [3.63, 3.8) is 0 Å². The lowest BCUT2D eigenvalue weighted by Gasteiger charge is -2.08. The Kier molecular flexibility index (Phi) is 13.0. The minimum absolute atomic E-state index is 0.190. The quantitative estimate of drug-likeness (QED) is 0.401. The lowest BCUT2D eigenvalue weighted by Crippen LogP contribution is -2.16. The van der Waals surface area contributed by atoms with Gasteiger partial charge in [-0.3, -0.25) is 0 Å². The molecule has 0 rings (SSSR count). The normalized spacial score (nSPS) is 10.7. The summed E-state index contributed by atoms with van der Waals surface area (Å²) in [5.41, 5.74) is 0. The molecule has 0 N–H and O–H groups in total. The SMILES string of the molecule is CCOCCOCCOCCOC(=O)OCC(C)C. The molecule has 0 atom stereocenters. The Bertz CT molecular complexity index is 207. The maximum Gasteiger partial charge on any atom is 0.508 e. The summed E-state index contributed by atoms with van der Waals surface area (Å²) in [6.45, 7) is 9.59. The number of ether oxygens (including phenoxy) is 5. The second-order valence-electron chi connectivity index (χ2n) is 4.22. The maximum absolute atomic E-state index is 11.0. The molecule has 0 aliphatic carbocycles. The average molecular weight is 278 g/mol. The van der Waals surface area contributed by atoms with Crippen LogP contribution in [0, 0.1) is 5.92 Å². The maximum atomic E-state index is 11.0. The summed E-state index contributed by atoms with van der Waals surface area (Å²) in [4.78, 5) is 11.0. The fraction of sp³-hybridized carbons (Fsp3) is 0.923. The van der Waals surface area contributed by atoms with E-state index in [4.69, 9.17) is 23.7 Å². The lowest BCUT2D eigenvalue weighted by atomic mass is 10.2. The highest BCUT2D eigenvalue weighted by atomic mass is 16.7. The van der Waals surface area contributed by atoms with Crippen LogP contribution in [0.1, 0.15) is 20.8 Å². The molecule has 0 heterocycles. The van der Waals surface area contributed by atoms with Gasteiger partial charge in [0, 0.05) is 6.61 Å². The van der Waals surface area contributed by atoms with E-state index in [0.717, 1.165) is 0 Å². The van der Waals surface area contributed by atoms with Gasteiger partial charge in [0.1, 0.15) is 6.61 Å². The first kappa shape index (κ1) is 18.1. The highest BCUT2D eigenvalue weighted by molar-refractivity contribution is 5.59. The molecular formula is C13H26O6. The molecule has 6 heteroatoms. The van der Waals surface area contributed by atoms with E-state index < -0.39 is 6.16 Å². The topological polar surface area (TPSA) is 63.2 Å². The Morgan fingerprint density at radius 2 is 1.37 bits per heavy atom. The minimum Gasteiger partial charge on any atom is -0.434 e. The van der Waals surface area contributed by atoms with Gasteiger partial charge < -0.3 is 23.7 Å². The van der Waals surface area contributed by atoms with E-state index in [1.807, 2.05) is 20.8 Å². The van der Waals surface area contributed by atoms with Crippen molar-refractivity contribution in [1.82, 2.24) is 0 Å². The van der Waals surface area contributed by atoms with E-state index in [0.29, 0.717) is 52.2 Å². The fourth-order valence-electron chi connectivity index (χ4n) is 1.04. The predicted molar refractivity (Wildman–Crippen MR) is 70.3 cm³/mol. The summed E-state index contributed by atoms with van der Waals surface area (Å²) in [5, 5.41) is 0. The van der Waals surface area contributed by atoms with Crippen LogP contribution < -0.4 is 0 Å². The van der Waals surface area contributed by atoms with Crippen molar-refractivity contribution in [2.75, 3.05) is 52.9 Å². The van der Waals surface area contributed by atoms with Crippen LogP contribution in [0.15, 0.2) is 0 Å². The Morgan fingerprint density at radius 3 is 1.89 bits per heavy atom. The van der Waals surface area contributed by atoms with Crippen molar-refractivity contribution in [3.8, 4) is 0 Å². The highest BCUT2D eigenvalue weighted by Gasteiger charge is 2.04. The summed E-state index contributed by atoms with van der Waals surface area (Å²) >= 11 is 0. The molecule has 0 amide bonds. The molecule has 0 saturated heterocycles. The van der Waals surface area contributed by atoms with E-state index in [9.17, 15) is 4.79 Å². The second kappa shape index (κ2) is 13.6. The van der Waals surface area contributed by atoms with E-state index >= 15 is 0 Å². The van der Waals surface area contributed by atoms with Gasteiger partial charge in [0.15, 0.2) is 0 Å². The first-order valence-electron chi connectivity index (χ1n) is 6.69. The summed E-state index contributed by atoms with van der Waals surface area (Å²) in [6.07, 6.45) is -0.648. The molecule has 0 aliphatic rings. The highest BCUT2D eigenvalue weighted by Crippen LogP contribution is 1.94. The fourth-order valence-corrected chi connectivity index (χ4v) is 1.04. The van der Waals surface area contributed by atoms with Gasteiger partial charge in [-0.05, 0) is 12.8 Å². The third-order valence-corrected chi connectivity index (χ3v) is 1.93.